The Morgan fingerprint density at radius 3 is 2.62 bits per heavy atom. The molecule has 0 saturated heterocycles. The molecule has 1 heteroatoms. The van der Waals surface area contributed by atoms with E-state index in [-0.39, 0.29) is 6.10 Å². The first kappa shape index (κ1) is 12.7. The monoisotopic (exact) mass is 216 g/mol. The fourth-order valence-electron chi connectivity index (χ4n) is 1.56. The molecule has 1 aromatic carbocycles. The molecule has 0 aliphatic heterocycles. The maximum absolute atomic E-state index is 9.63. The van der Waals surface area contributed by atoms with Crippen LogP contribution >= 0.6 is 0 Å². The predicted molar refractivity (Wildman–Crippen MR) is 69.3 cm³/mol. The van der Waals surface area contributed by atoms with E-state index < -0.39 is 0 Å². The van der Waals surface area contributed by atoms with Crippen LogP contribution in [-0.4, -0.2) is 11.2 Å². The fourth-order valence-corrected chi connectivity index (χ4v) is 1.56. The van der Waals surface area contributed by atoms with Gasteiger partial charge in [-0.05, 0) is 31.7 Å². The maximum atomic E-state index is 9.63. The van der Waals surface area contributed by atoms with E-state index in [1.165, 1.54) is 5.56 Å². The van der Waals surface area contributed by atoms with E-state index in [1.807, 2.05) is 37.3 Å². The number of aryl methyl sites for hydroxylation is 1. The average molecular weight is 216 g/mol. The van der Waals surface area contributed by atoms with Gasteiger partial charge in [0.2, 0.25) is 0 Å². The second-order valence-electron chi connectivity index (χ2n) is 3.86. The average Bonchev–Trinajstić information content (AvgIpc) is 2.31. The predicted octanol–water partition coefficient (Wildman–Crippen LogP) is 3.50. The molecule has 1 nitrogen and oxygen atoms in total. The summed E-state index contributed by atoms with van der Waals surface area (Å²) in [6.45, 7) is 1.96. The first-order chi connectivity index (χ1) is 7.83. The minimum atomic E-state index is -0.320. The Balaban J connectivity index is 2.20. The zero-order chi connectivity index (χ0) is 11.6. The first-order valence-electron chi connectivity index (χ1n) is 5.84. The van der Waals surface area contributed by atoms with E-state index in [9.17, 15) is 5.11 Å². The molecule has 0 bridgehead atoms. The molecule has 0 spiro atoms. The number of aliphatic hydroxyl groups excluding tert-OH is 1. The van der Waals surface area contributed by atoms with Crippen LogP contribution in [-0.2, 0) is 6.42 Å². The second kappa shape index (κ2) is 7.89. The topological polar surface area (TPSA) is 20.2 Å². The summed E-state index contributed by atoms with van der Waals surface area (Å²) in [4.78, 5) is 0. The van der Waals surface area contributed by atoms with Gasteiger partial charge in [-0.2, -0.15) is 0 Å². The van der Waals surface area contributed by atoms with Crippen LogP contribution in [0.15, 0.2) is 54.6 Å². The molecular weight excluding hydrogens is 196 g/mol. The highest BCUT2D eigenvalue weighted by molar-refractivity contribution is 5.14. The number of benzene rings is 1. The van der Waals surface area contributed by atoms with Gasteiger partial charge >= 0.3 is 0 Å². The number of hydrogen-bond donors (Lipinski definition) is 1. The van der Waals surface area contributed by atoms with Crippen LogP contribution in [0.25, 0.3) is 0 Å². The minimum absolute atomic E-state index is 0.320. The minimum Gasteiger partial charge on any atom is -0.389 e. The van der Waals surface area contributed by atoms with Gasteiger partial charge in [0.05, 0.1) is 6.10 Å². The Hall–Kier alpha value is -1.34. The summed E-state index contributed by atoms with van der Waals surface area (Å²) in [5.74, 6) is 0. The van der Waals surface area contributed by atoms with Crippen LogP contribution in [0.4, 0.5) is 0 Å². The Bertz CT molecular complexity index is 325. The Morgan fingerprint density at radius 1 is 1.19 bits per heavy atom. The highest BCUT2D eigenvalue weighted by Gasteiger charge is 1.98. The highest BCUT2D eigenvalue weighted by Crippen LogP contribution is 2.07. The summed E-state index contributed by atoms with van der Waals surface area (Å²) < 4.78 is 0. The number of allylic oxidation sites excluding steroid dienone is 3. The largest absolute Gasteiger partial charge is 0.389 e. The normalized spacial score (nSPS) is 13.6. The molecule has 1 N–H and O–H groups in total. The molecule has 16 heavy (non-hydrogen) atoms. The van der Waals surface area contributed by atoms with Gasteiger partial charge in [0.1, 0.15) is 0 Å². The summed E-state index contributed by atoms with van der Waals surface area (Å²) in [7, 11) is 0. The lowest BCUT2D eigenvalue weighted by molar-refractivity contribution is 0.209. The van der Waals surface area contributed by atoms with Crippen molar-refractivity contribution in [1.29, 1.82) is 0 Å². The Morgan fingerprint density at radius 2 is 1.94 bits per heavy atom. The van der Waals surface area contributed by atoms with Crippen molar-refractivity contribution >= 4 is 0 Å². The van der Waals surface area contributed by atoms with Crippen molar-refractivity contribution in [3.63, 3.8) is 0 Å². The lowest BCUT2D eigenvalue weighted by atomic mass is 10.1. The lowest BCUT2D eigenvalue weighted by Gasteiger charge is -2.05. The number of hydrogen-bond acceptors (Lipinski definition) is 1. The number of rotatable bonds is 6. The summed E-state index contributed by atoms with van der Waals surface area (Å²) in [6.07, 6.45) is 10.2. The lowest BCUT2D eigenvalue weighted by Crippen LogP contribution is -2.02. The fraction of sp³-hybridized carbons (Fsp3) is 0.333. The molecule has 0 aliphatic carbocycles. The van der Waals surface area contributed by atoms with Crippen LogP contribution in [0, 0.1) is 0 Å². The van der Waals surface area contributed by atoms with E-state index in [2.05, 4.69) is 24.3 Å². The summed E-state index contributed by atoms with van der Waals surface area (Å²) in [6, 6.07) is 10.4. The van der Waals surface area contributed by atoms with Crippen LogP contribution in [0.3, 0.4) is 0 Å². The molecule has 1 atom stereocenters. The first-order valence-corrected chi connectivity index (χ1v) is 5.84. The van der Waals surface area contributed by atoms with Crippen molar-refractivity contribution in [3.05, 3.63) is 60.2 Å². The molecule has 0 fully saturated rings. The Kier molecular flexibility index (Phi) is 6.28. The van der Waals surface area contributed by atoms with Gasteiger partial charge in [-0.3, -0.25) is 0 Å². The van der Waals surface area contributed by atoms with Gasteiger partial charge in [-0.15, -0.1) is 0 Å². The van der Waals surface area contributed by atoms with Gasteiger partial charge in [-0.1, -0.05) is 54.6 Å². The van der Waals surface area contributed by atoms with Gasteiger partial charge in [0.25, 0.3) is 0 Å². The van der Waals surface area contributed by atoms with Crippen molar-refractivity contribution < 1.29 is 5.11 Å². The van der Waals surface area contributed by atoms with Crippen LogP contribution in [0.1, 0.15) is 25.3 Å². The van der Waals surface area contributed by atoms with Crippen molar-refractivity contribution in [3.8, 4) is 0 Å². The summed E-state index contributed by atoms with van der Waals surface area (Å²) in [5, 5.41) is 9.63. The van der Waals surface area contributed by atoms with Crippen molar-refractivity contribution in [2.45, 2.75) is 32.3 Å². The third-order valence-electron chi connectivity index (χ3n) is 2.44. The van der Waals surface area contributed by atoms with Crippen molar-refractivity contribution in [2.75, 3.05) is 0 Å². The summed E-state index contributed by atoms with van der Waals surface area (Å²) >= 11 is 0. The molecule has 0 amide bonds. The van der Waals surface area contributed by atoms with E-state index in [0.717, 1.165) is 19.3 Å². The Labute approximate surface area is 98.1 Å². The molecule has 0 aromatic heterocycles. The third-order valence-corrected chi connectivity index (χ3v) is 2.44. The standard InChI is InChI=1S/C15H20O/c1-2-3-5-12-15(16)13-8-11-14-9-6-4-7-10-14/h2-7,9-10,12,15-16H,8,11,13H2,1H3/b3-2+,12-5+/t15-/m0/s1. The molecule has 0 radical (unpaired) electrons. The zero-order valence-electron chi connectivity index (χ0n) is 9.84. The SMILES string of the molecule is C/C=C/C=C/[C@H](O)CCCc1ccccc1. The van der Waals surface area contributed by atoms with Crippen molar-refractivity contribution in [1.82, 2.24) is 0 Å². The van der Waals surface area contributed by atoms with E-state index in [1.54, 1.807) is 0 Å². The molecule has 0 saturated carbocycles. The van der Waals surface area contributed by atoms with Crippen LogP contribution in [0.2, 0.25) is 0 Å². The molecular formula is C15H20O. The summed E-state index contributed by atoms with van der Waals surface area (Å²) in [5.41, 5.74) is 1.34. The quantitative estimate of drug-likeness (QED) is 0.721. The molecule has 0 aliphatic rings. The molecule has 0 heterocycles. The number of aliphatic hydroxyl groups is 1. The van der Waals surface area contributed by atoms with Crippen LogP contribution in [0.5, 0.6) is 0 Å². The van der Waals surface area contributed by atoms with E-state index in [0.29, 0.717) is 0 Å². The second-order valence-corrected chi connectivity index (χ2v) is 3.86. The van der Waals surface area contributed by atoms with Gasteiger partial charge in [-0.25, -0.2) is 0 Å². The highest BCUT2D eigenvalue weighted by atomic mass is 16.3. The van der Waals surface area contributed by atoms with Crippen molar-refractivity contribution in [2.24, 2.45) is 0 Å². The van der Waals surface area contributed by atoms with Gasteiger partial charge in [0.15, 0.2) is 0 Å². The molecule has 1 aromatic rings. The third kappa shape index (κ3) is 5.52. The maximum Gasteiger partial charge on any atom is 0.0724 e. The molecule has 1 rings (SSSR count). The van der Waals surface area contributed by atoms with E-state index >= 15 is 0 Å². The van der Waals surface area contributed by atoms with E-state index in [4.69, 9.17) is 0 Å². The van der Waals surface area contributed by atoms with Crippen LogP contribution < -0.4 is 0 Å². The molecule has 0 unspecified atom stereocenters. The van der Waals surface area contributed by atoms with Gasteiger partial charge in [0, 0.05) is 0 Å². The zero-order valence-corrected chi connectivity index (χ0v) is 9.84. The smallest absolute Gasteiger partial charge is 0.0724 e. The molecule has 86 valence electrons. The van der Waals surface area contributed by atoms with Gasteiger partial charge < -0.3 is 5.11 Å².